The third kappa shape index (κ3) is 3.55. The molecule has 1 heterocycles. The molecule has 1 aromatic carbocycles. The van der Waals surface area contributed by atoms with Gasteiger partial charge in [-0.05, 0) is 18.6 Å². The number of rotatable bonds is 6. The average Bonchev–Trinajstić information content (AvgIpc) is 2.81. The summed E-state index contributed by atoms with van der Waals surface area (Å²) in [5, 5.41) is 15.1. The second-order valence-corrected chi connectivity index (χ2v) is 5.14. The largest absolute Gasteiger partial charge is 0.313 e. The number of benzene rings is 1. The summed E-state index contributed by atoms with van der Waals surface area (Å²) < 4.78 is 0. The Balaban J connectivity index is 1.85. The van der Waals surface area contributed by atoms with Crippen molar-refractivity contribution in [2.75, 3.05) is 6.54 Å². The molecule has 0 aliphatic heterocycles. The van der Waals surface area contributed by atoms with Crippen molar-refractivity contribution in [1.82, 2.24) is 20.8 Å². The van der Waals surface area contributed by atoms with Crippen LogP contribution in [0.5, 0.6) is 0 Å². The van der Waals surface area contributed by atoms with Gasteiger partial charge >= 0.3 is 0 Å². The van der Waals surface area contributed by atoms with Gasteiger partial charge in [0.25, 0.3) is 0 Å². The van der Waals surface area contributed by atoms with Crippen LogP contribution in [0.25, 0.3) is 10.9 Å². The van der Waals surface area contributed by atoms with E-state index in [2.05, 4.69) is 59.8 Å². The van der Waals surface area contributed by atoms with Gasteiger partial charge in [-0.1, -0.05) is 26.0 Å². The molecule has 98 valence electrons. The van der Waals surface area contributed by atoms with Gasteiger partial charge in [0.1, 0.15) is 0 Å². The predicted octanol–water partition coefficient (Wildman–Crippen LogP) is 2.04. The van der Waals surface area contributed by atoms with E-state index in [0.29, 0.717) is 12.1 Å². The van der Waals surface area contributed by atoms with Crippen molar-refractivity contribution in [2.24, 2.45) is 0 Å². The summed E-state index contributed by atoms with van der Waals surface area (Å²) in [6.45, 7) is 8.40. The van der Waals surface area contributed by atoms with Crippen LogP contribution in [-0.2, 0) is 6.54 Å². The Labute approximate surface area is 108 Å². The lowest BCUT2D eigenvalue weighted by Crippen LogP contribution is -2.38. The first kappa shape index (κ1) is 13.1. The van der Waals surface area contributed by atoms with Gasteiger partial charge in [-0.15, -0.1) is 0 Å². The Morgan fingerprint density at radius 2 is 2.06 bits per heavy atom. The van der Waals surface area contributed by atoms with Gasteiger partial charge in [-0.25, -0.2) is 0 Å². The summed E-state index contributed by atoms with van der Waals surface area (Å²) in [4.78, 5) is 0. The fourth-order valence-corrected chi connectivity index (χ4v) is 1.87. The molecule has 2 rings (SSSR count). The molecule has 0 bridgehead atoms. The first-order chi connectivity index (χ1) is 8.65. The second-order valence-electron chi connectivity index (χ2n) is 5.14. The van der Waals surface area contributed by atoms with E-state index in [-0.39, 0.29) is 0 Å². The Hall–Kier alpha value is -1.39. The summed E-state index contributed by atoms with van der Waals surface area (Å²) in [6, 6.07) is 7.40. The smallest absolute Gasteiger partial charge is 0.0653 e. The third-order valence-corrected chi connectivity index (χ3v) is 2.99. The van der Waals surface area contributed by atoms with Crippen LogP contribution in [0.4, 0.5) is 0 Å². The summed E-state index contributed by atoms with van der Waals surface area (Å²) in [5.74, 6) is 0. The van der Waals surface area contributed by atoms with Gasteiger partial charge in [0.2, 0.25) is 0 Å². The number of aromatic amines is 1. The zero-order chi connectivity index (χ0) is 13.0. The van der Waals surface area contributed by atoms with Gasteiger partial charge < -0.3 is 10.6 Å². The molecule has 1 aromatic heterocycles. The first-order valence-electron chi connectivity index (χ1n) is 6.54. The van der Waals surface area contributed by atoms with E-state index in [1.807, 2.05) is 6.20 Å². The van der Waals surface area contributed by atoms with Crippen LogP contribution in [0, 0.1) is 0 Å². The molecule has 0 spiro atoms. The van der Waals surface area contributed by atoms with E-state index in [0.717, 1.165) is 24.0 Å². The first-order valence-corrected chi connectivity index (χ1v) is 6.54. The van der Waals surface area contributed by atoms with E-state index in [1.165, 1.54) is 5.56 Å². The number of hydrogen-bond donors (Lipinski definition) is 3. The maximum atomic E-state index is 4.03. The minimum absolute atomic E-state index is 0.463. The van der Waals surface area contributed by atoms with E-state index in [9.17, 15) is 0 Å². The Kier molecular flexibility index (Phi) is 4.33. The van der Waals surface area contributed by atoms with Crippen LogP contribution >= 0.6 is 0 Å². The highest BCUT2D eigenvalue weighted by Crippen LogP contribution is 2.12. The number of H-pyrrole nitrogens is 1. The lowest BCUT2D eigenvalue weighted by atomic mass is 10.1. The molecule has 0 saturated heterocycles. The standard InChI is InChI=1S/C14H22N4/c1-10(2)15-7-11(3)16-8-12-4-5-13-9-17-18-14(13)6-12/h4-6,9-11,15-16H,7-8H2,1-3H3,(H,17,18). The van der Waals surface area contributed by atoms with Crippen molar-refractivity contribution >= 4 is 10.9 Å². The Morgan fingerprint density at radius 3 is 2.83 bits per heavy atom. The van der Waals surface area contributed by atoms with Crippen LogP contribution in [0.15, 0.2) is 24.4 Å². The molecule has 18 heavy (non-hydrogen) atoms. The van der Waals surface area contributed by atoms with Gasteiger partial charge in [0, 0.05) is 30.6 Å². The maximum absolute atomic E-state index is 4.03. The van der Waals surface area contributed by atoms with Crippen LogP contribution in [0.3, 0.4) is 0 Å². The number of aromatic nitrogens is 2. The maximum Gasteiger partial charge on any atom is 0.0653 e. The lowest BCUT2D eigenvalue weighted by Gasteiger charge is -2.16. The Morgan fingerprint density at radius 1 is 1.22 bits per heavy atom. The molecule has 0 aliphatic rings. The predicted molar refractivity (Wildman–Crippen MR) is 75.5 cm³/mol. The number of fused-ring (bicyclic) bond motifs is 1. The van der Waals surface area contributed by atoms with E-state index in [1.54, 1.807) is 0 Å². The van der Waals surface area contributed by atoms with E-state index in [4.69, 9.17) is 0 Å². The Bertz CT molecular complexity index is 489. The molecule has 4 heteroatoms. The number of nitrogens with zero attached hydrogens (tertiary/aromatic N) is 1. The monoisotopic (exact) mass is 246 g/mol. The van der Waals surface area contributed by atoms with E-state index < -0.39 is 0 Å². The lowest BCUT2D eigenvalue weighted by molar-refractivity contribution is 0.474. The molecule has 1 unspecified atom stereocenters. The minimum atomic E-state index is 0.463. The highest BCUT2D eigenvalue weighted by atomic mass is 15.1. The minimum Gasteiger partial charge on any atom is -0.313 e. The van der Waals surface area contributed by atoms with Gasteiger partial charge in [0.05, 0.1) is 11.7 Å². The topological polar surface area (TPSA) is 52.7 Å². The summed E-state index contributed by atoms with van der Waals surface area (Å²) in [7, 11) is 0. The molecule has 0 amide bonds. The van der Waals surface area contributed by atoms with Gasteiger partial charge in [-0.3, -0.25) is 5.10 Å². The van der Waals surface area contributed by atoms with Crippen molar-refractivity contribution < 1.29 is 0 Å². The normalized spacial score (nSPS) is 13.3. The fourth-order valence-electron chi connectivity index (χ4n) is 1.87. The molecule has 1 atom stereocenters. The van der Waals surface area contributed by atoms with Crippen molar-refractivity contribution in [3.05, 3.63) is 30.0 Å². The molecule has 4 nitrogen and oxygen atoms in total. The zero-order valence-corrected chi connectivity index (χ0v) is 11.3. The molecule has 3 N–H and O–H groups in total. The second kappa shape index (κ2) is 5.98. The fraction of sp³-hybridized carbons (Fsp3) is 0.500. The van der Waals surface area contributed by atoms with Gasteiger partial charge in [-0.2, -0.15) is 5.10 Å². The molecule has 0 fully saturated rings. The van der Waals surface area contributed by atoms with Crippen LogP contribution < -0.4 is 10.6 Å². The molecule has 0 radical (unpaired) electrons. The summed E-state index contributed by atoms with van der Waals surface area (Å²) in [6.07, 6.45) is 1.85. The van der Waals surface area contributed by atoms with Crippen molar-refractivity contribution in [1.29, 1.82) is 0 Å². The van der Waals surface area contributed by atoms with E-state index >= 15 is 0 Å². The molecular formula is C14H22N4. The molecule has 0 aliphatic carbocycles. The number of nitrogens with one attached hydrogen (secondary N) is 3. The van der Waals surface area contributed by atoms with Gasteiger partial charge in [0.15, 0.2) is 0 Å². The van der Waals surface area contributed by atoms with Crippen molar-refractivity contribution in [3.8, 4) is 0 Å². The molecule has 0 saturated carbocycles. The SMILES string of the molecule is CC(C)NCC(C)NCc1ccc2cn[nH]c2c1. The average molecular weight is 246 g/mol. The quantitative estimate of drug-likeness (QED) is 0.731. The summed E-state index contributed by atoms with van der Waals surface area (Å²) in [5.41, 5.74) is 2.38. The highest BCUT2D eigenvalue weighted by molar-refractivity contribution is 5.78. The highest BCUT2D eigenvalue weighted by Gasteiger charge is 2.03. The van der Waals surface area contributed by atoms with Crippen LogP contribution in [0.2, 0.25) is 0 Å². The zero-order valence-electron chi connectivity index (χ0n) is 11.3. The van der Waals surface area contributed by atoms with Crippen molar-refractivity contribution in [3.63, 3.8) is 0 Å². The van der Waals surface area contributed by atoms with Crippen LogP contribution in [-0.4, -0.2) is 28.8 Å². The number of hydrogen-bond acceptors (Lipinski definition) is 3. The van der Waals surface area contributed by atoms with Crippen LogP contribution in [0.1, 0.15) is 26.3 Å². The van der Waals surface area contributed by atoms with Crippen molar-refractivity contribution in [2.45, 2.75) is 39.4 Å². The molecular weight excluding hydrogens is 224 g/mol. The molecule has 2 aromatic rings. The summed E-state index contributed by atoms with van der Waals surface area (Å²) >= 11 is 0. The third-order valence-electron chi connectivity index (χ3n) is 2.99.